The lowest BCUT2D eigenvalue weighted by Gasteiger charge is -2.07. The highest BCUT2D eigenvalue weighted by atomic mass is 32.2. The van der Waals surface area contributed by atoms with Crippen LogP contribution in [-0.2, 0) is 13.7 Å². The van der Waals surface area contributed by atoms with Crippen LogP contribution in [0.5, 0.6) is 0 Å². The molecule has 7 heteroatoms. The molecule has 0 aliphatic carbocycles. The van der Waals surface area contributed by atoms with Crippen molar-refractivity contribution in [2.75, 3.05) is 0 Å². The summed E-state index contributed by atoms with van der Waals surface area (Å²) in [4.78, 5) is 4.20. The Morgan fingerprint density at radius 1 is 1.42 bits per heavy atom. The van der Waals surface area contributed by atoms with E-state index in [2.05, 4.69) is 21.3 Å². The van der Waals surface area contributed by atoms with E-state index in [9.17, 15) is 5.26 Å². The normalized spacial score (nSPS) is 10.5. The highest BCUT2D eigenvalue weighted by Crippen LogP contribution is 2.29. The van der Waals surface area contributed by atoms with Crippen molar-refractivity contribution in [3.8, 4) is 6.07 Å². The lowest BCUT2D eigenvalue weighted by molar-refractivity contribution is 0.271. The molecular weight excluding hydrogens is 262 g/mol. The van der Waals surface area contributed by atoms with E-state index in [1.54, 1.807) is 17.8 Å². The van der Waals surface area contributed by atoms with E-state index < -0.39 is 0 Å². The lowest BCUT2D eigenvalue weighted by atomic mass is 10.1. The zero-order valence-electron chi connectivity index (χ0n) is 10.9. The molecule has 2 heterocycles. The first-order chi connectivity index (χ1) is 9.08. The van der Waals surface area contributed by atoms with Crippen molar-refractivity contribution in [1.29, 1.82) is 5.26 Å². The second-order valence-electron chi connectivity index (χ2n) is 4.05. The van der Waals surface area contributed by atoms with Gasteiger partial charge in [-0.05, 0) is 31.2 Å². The molecule has 0 fully saturated rings. The molecule has 2 aromatic heterocycles. The molecule has 0 radical (unpaired) electrons. The summed E-state index contributed by atoms with van der Waals surface area (Å²) in [5.74, 6) is 0. The Morgan fingerprint density at radius 2 is 2.16 bits per heavy atom. The molecule has 2 rings (SSSR count). The van der Waals surface area contributed by atoms with Gasteiger partial charge in [-0.2, -0.15) is 10.4 Å². The summed E-state index contributed by atoms with van der Waals surface area (Å²) < 4.78 is 1.77. The second kappa shape index (κ2) is 5.38. The van der Waals surface area contributed by atoms with E-state index >= 15 is 0 Å². The first-order valence-electron chi connectivity index (χ1n) is 5.61. The number of aryl methyl sites for hydroxylation is 1. The topological polar surface area (TPSA) is 87.6 Å². The standard InChI is InChI=1S/C12H13N5OS/c1-7-8(2)15-16-11(10(7)4-13)19-12-14-5-9(6-18)17(12)3/h5,18H,6H2,1-3H3. The fourth-order valence-corrected chi connectivity index (χ4v) is 2.46. The molecule has 98 valence electrons. The van der Waals surface area contributed by atoms with Crippen LogP contribution in [-0.4, -0.2) is 24.9 Å². The van der Waals surface area contributed by atoms with Crippen molar-refractivity contribution in [2.24, 2.45) is 7.05 Å². The van der Waals surface area contributed by atoms with E-state index in [1.165, 1.54) is 11.8 Å². The number of nitriles is 1. The molecule has 0 saturated heterocycles. The van der Waals surface area contributed by atoms with E-state index in [1.807, 2.05) is 13.8 Å². The minimum Gasteiger partial charge on any atom is -0.390 e. The second-order valence-corrected chi connectivity index (χ2v) is 5.01. The summed E-state index contributed by atoms with van der Waals surface area (Å²) in [5.41, 5.74) is 2.80. The van der Waals surface area contributed by atoms with Crippen LogP contribution >= 0.6 is 11.8 Å². The molecule has 0 aliphatic heterocycles. The average Bonchev–Trinajstić information content (AvgIpc) is 2.75. The fraction of sp³-hybridized carbons (Fsp3) is 0.333. The Morgan fingerprint density at radius 3 is 2.74 bits per heavy atom. The molecule has 0 atom stereocenters. The predicted molar refractivity (Wildman–Crippen MR) is 69.5 cm³/mol. The monoisotopic (exact) mass is 275 g/mol. The maximum Gasteiger partial charge on any atom is 0.174 e. The van der Waals surface area contributed by atoms with E-state index in [-0.39, 0.29) is 6.61 Å². The summed E-state index contributed by atoms with van der Waals surface area (Å²) >= 11 is 1.27. The molecule has 0 unspecified atom stereocenters. The first-order valence-corrected chi connectivity index (χ1v) is 6.43. The van der Waals surface area contributed by atoms with Crippen molar-refractivity contribution in [3.63, 3.8) is 0 Å². The fourth-order valence-electron chi connectivity index (χ4n) is 1.54. The maximum absolute atomic E-state index is 9.22. The van der Waals surface area contributed by atoms with Gasteiger partial charge in [-0.25, -0.2) is 4.98 Å². The van der Waals surface area contributed by atoms with Crippen LogP contribution in [0.3, 0.4) is 0 Å². The molecule has 0 amide bonds. The molecule has 0 saturated carbocycles. The minimum atomic E-state index is -0.0756. The minimum absolute atomic E-state index is 0.0756. The van der Waals surface area contributed by atoms with Gasteiger partial charge in [-0.3, -0.25) is 0 Å². The third-order valence-corrected chi connectivity index (χ3v) is 3.97. The molecule has 19 heavy (non-hydrogen) atoms. The Bertz CT molecular complexity index is 659. The number of hydrogen-bond acceptors (Lipinski definition) is 6. The third kappa shape index (κ3) is 2.45. The Kier molecular flexibility index (Phi) is 3.83. The van der Waals surface area contributed by atoms with Gasteiger partial charge in [0.15, 0.2) is 5.16 Å². The van der Waals surface area contributed by atoms with Gasteiger partial charge in [0, 0.05) is 7.05 Å². The summed E-state index contributed by atoms with van der Waals surface area (Å²) in [6.07, 6.45) is 1.60. The van der Waals surface area contributed by atoms with Gasteiger partial charge in [0.25, 0.3) is 0 Å². The largest absolute Gasteiger partial charge is 0.390 e. The number of aromatic nitrogens is 4. The summed E-state index contributed by atoms with van der Waals surface area (Å²) in [5, 5.41) is 27.6. The van der Waals surface area contributed by atoms with Gasteiger partial charge >= 0.3 is 0 Å². The molecule has 0 bridgehead atoms. The van der Waals surface area contributed by atoms with Crippen molar-refractivity contribution >= 4 is 11.8 Å². The van der Waals surface area contributed by atoms with Crippen molar-refractivity contribution in [2.45, 2.75) is 30.6 Å². The molecule has 2 aromatic rings. The summed E-state index contributed by atoms with van der Waals surface area (Å²) in [6, 6.07) is 2.16. The lowest BCUT2D eigenvalue weighted by Crippen LogP contribution is -2.01. The van der Waals surface area contributed by atoms with Crippen molar-refractivity contribution in [1.82, 2.24) is 19.7 Å². The van der Waals surface area contributed by atoms with Gasteiger partial charge in [0.2, 0.25) is 0 Å². The molecule has 1 N–H and O–H groups in total. The highest BCUT2D eigenvalue weighted by Gasteiger charge is 2.15. The number of hydrogen-bond donors (Lipinski definition) is 1. The number of nitrogens with zero attached hydrogens (tertiary/aromatic N) is 5. The number of rotatable bonds is 3. The zero-order chi connectivity index (χ0) is 14.0. The smallest absolute Gasteiger partial charge is 0.174 e. The average molecular weight is 275 g/mol. The van der Waals surface area contributed by atoms with Crippen LogP contribution in [0.1, 0.15) is 22.5 Å². The highest BCUT2D eigenvalue weighted by molar-refractivity contribution is 7.99. The van der Waals surface area contributed by atoms with Gasteiger partial charge in [0.1, 0.15) is 11.1 Å². The maximum atomic E-state index is 9.22. The van der Waals surface area contributed by atoms with Crippen LogP contribution in [0, 0.1) is 25.2 Å². The Balaban J connectivity index is 2.42. The van der Waals surface area contributed by atoms with E-state index in [0.29, 0.717) is 21.4 Å². The van der Waals surface area contributed by atoms with Crippen LogP contribution in [0.25, 0.3) is 0 Å². The Labute approximate surface area is 115 Å². The van der Waals surface area contributed by atoms with Crippen molar-refractivity contribution in [3.05, 3.63) is 28.7 Å². The molecular formula is C12H13N5OS. The third-order valence-electron chi connectivity index (χ3n) is 2.93. The predicted octanol–water partition coefficient (Wildman–Crippen LogP) is 1.34. The first kappa shape index (κ1) is 13.5. The molecule has 0 spiro atoms. The summed E-state index contributed by atoms with van der Waals surface area (Å²) in [6.45, 7) is 3.60. The number of aliphatic hydroxyl groups excluding tert-OH is 1. The number of aliphatic hydroxyl groups is 1. The van der Waals surface area contributed by atoms with E-state index in [0.717, 1.165) is 11.3 Å². The van der Waals surface area contributed by atoms with Gasteiger partial charge in [-0.15, -0.1) is 5.10 Å². The van der Waals surface area contributed by atoms with Gasteiger partial charge in [0.05, 0.1) is 29.8 Å². The summed E-state index contributed by atoms with van der Waals surface area (Å²) in [7, 11) is 1.81. The molecule has 0 aliphatic rings. The van der Waals surface area contributed by atoms with Crippen LogP contribution in [0.15, 0.2) is 16.4 Å². The van der Waals surface area contributed by atoms with Crippen molar-refractivity contribution < 1.29 is 5.11 Å². The zero-order valence-corrected chi connectivity index (χ0v) is 11.7. The van der Waals surface area contributed by atoms with Crippen LogP contribution in [0.2, 0.25) is 0 Å². The van der Waals surface area contributed by atoms with Crippen LogP contribution < -0.4 is 0 Å². The van der Waals surface area contributed by atoms with E-state index in [4.69, 9.17) is 5.11 Å². The SMILES string of the molecule is Cc1nnc(Sc2ncc(CO)n2C)c(C#N)c1C. The van der Waals surface area contributed by atoms with Crippen LogP contribution in [0.4, 0.5) is 0 Å². The Hall–Kier alpha value is -1.91. The quantitative estimate of drug-likeness (QED) is 0.909. The molecule has 0 aromatic carbocycles. The number of imidazole rings is 1. The molecule has 6 nitrogen and oxygen atoms in total. The van der Waals surface area contributed by atoms with Gasteiger partial charge in [-0.1, -0.05) is 0 Å². The van der Waals surface area contributed by atoms with Gasteiger partial charge < -0.3 is 9.67 Å².